The molecule has 18 heavy (non-hydrogen) atoms. The second-order valence-electron chi connectivity index (χ2n) is 4.31. The first-order valence-electron chi connectivity index (χ1n) is 5.41. The Morgan fingerprint density at radius 1 is 1.61 bits per heavy atom. The van der Waals surface area contributed by atoms with Gasteiger partial charge in [0.05, 0.1) is 16.9 Å². The van der Waals surface area contributed by atoms with Gasteiger partial charge in [0, 0.05) is 12.3 Å². The van der Waals surface area contributed by atoms with E-state index in [9.17, 15) is 14.3 Å². The Morgan fingerprint density at radius 3 is 2.89 bits per heavy atom. The predicted molar refractivity (Wildman–Crippen MR) is 72.2 cm³/mol. The summed E-state index contributed by atoms with van der Waals surface area (Å²) in [5.41, 5.74) is 4.37. The maximum Gasteiger partial charge on any atom is 0.253 e. The number of carbonyl (C=O) groups excluding carboxylic acids is 1. The fourth-order valence-corrected chi connectivity index (χ4v) is 2.19. The normalized spacial score (nSPS) is 14.0. The molecule has 0 saturated heterocycles. The molecule has 1 aromatic carbocycles. The standard InChI is InChI=1S/C12H17FN2O2S/c1-12(17,7-18-2)6-15-11(16)8-4-3-5-9(13)10(8)14/h3-5,17H,6-7,14H2,1-2H3,(H,15,16). The SMILES string of the molecule is CSCC(C)(O)CNC(=O)c1cccc(F)c1N. The molecule has 0 fully saturated rings. The Bertz CT molecular complexity index is 438. The van der Waals surface area contributed by atoms with E-state index in [0.29, 0.717) is 5.75 Å². The van der Waals surface area contributed by atoms with Gasteiger partial charge in [0.15, 0.2) is 0 Å². The highest BCUT2D eigenvalue weighted by Gasteiger charge is 2.21. The lowest BCUT2D eigenvalue weighted by atomic mass is 10.1. The molecule has 0 radical (unpaired) electrons. The van der Waals surface area contributed by atoms with Gasteiger partial charge in [-0.05, 0) is 25.3 Å². The molecule has 6 heteroatoms. The van der Waals surface area contributed by atoms with Crippen molar-refractivity contribution in [2.24, 2.45) is 0 Å². The van der Waals surface area contributed by atoms with E-state index in [2.05, 4.69) is 5.32 Å². The van der Waals surface area contributed by atoms with Gasteiger partial charge in [-0.15, -0.1) is 0 Å². The second kappa shape index (κ2) is 6.06. The van der Waals surface area contributed by atoms with Crippen LogP contribution in [0.25, 0.3) is 0 Å². The predicted octanol–water partition coefficient (Wildman–Crippen LogP) is 1.25. The fraction of sp³-hybridized carbons (Fsp3) is 0.417. The first kappa shape index (κ1) is 14.8. The minimum atomic E-state index is -1.00. The van der Waals surface area contributed by atoms with Crippen molar-refractivity contribution < 1.29 is 14.3 Å². The molecule has 0 aliphatic heterocycles. The number of thioether (sulfide) groups is 1. The number of benzene rings is 1. The molecule has 0 aliphatic rings. The monoisotopic (exact) mass is 272 g/mol. The highest BCUT2D eigenvalue weighted by atomic mass is 32.2. The highest BCUT2D eigenvalue weighted by molar-refractivity contribution is 7.98. The van der Waals surface area contributed by atoms with Crippen LogP contribution in [0.1, 0.15) is 17.3 Å². The van der Waals surface area contributed by atoms with Crippen LogP contribution in [0.15, 0.2) is 18.2 Å². The molecule has 0 spiro atoms. The number of halogens is 1. The van der Waals surface area contributed by atoms with Crippen LogP contribution in [0.5, 0.6) is 0 Å². The summed E-state index contributed by atoms with van der Waals surface area (Å²) in [7, 11) is 0. The van der Waals surface area contributed by atoms with E-state index in [-0.39, 0.29) is 17.8 Å². The lowest BCUT2D eigenvalue weighted by Gasteiger charge is -2.22. The van der Waals surface area contributed by atoms with Crippen LogP contribution < -0.4 is 11.1 Å². The molecule has 1 rings (SSSR count). The number of nitrogens with two attached hydrogens (primary N) is 1. The van der Waals surface area contributed by atoms with Crippen LogP contribution in [0.2, 0.25) is 0 Å². The number of nitrogens with one attached hydrogen (secondary N) is 1. The number of nitrogen functional groups attached to an aromatic ring is 1. The van der Waals surface area contributed by atoms with Crippen molar-refractivity contribution in [3.63, 3.8) is 0 Å². The topological polar surface area (TPSA) is 75.3 Å². The number of rotatable bonds is 5. The Kier molecular flexibility index (Phi) is 4.98. The molecule has 1 atom stereocenters. The number of hydrogen-bond donors (Lipinski definition) is 3. The quantitative estimate of drug-likeness (QED) is 0.705. The zero-order valence-electron chi connectivity index (χ0n) is 10.4. The minimum Gasteiger partial charge on any atom is -0.396 e. The summed E-state index contributed by atoms with van der Waals surface area (Å²) in [5, 5.41) is 12.4. The van der Waals surface area contributed by atoms with Gasteiger partial charge >= 0.3 is 0 Å². The first-order valence-corrected chi connectivity index (χ1v) is 6.80. The van der Waals surface area contributed by atoms with Gasteiger partial charge < -0.3 is 16.2 Å². The molecule has 1 unspecified atom stereocenters. The average Bonchev–Trinajstić information content (AvgIpc) is 2.30. The zero-order valence-corrected chi connectivity index (χ0v) is 11.2. The van der Waals surface area contributed by atoms with Gasteiger partial charge in [-0.1, -0.05) is 6.07 Å². The smallest absolute Gasteiger partial charge is 0.253 e. The van der Waals surface area contributed by atoms with Crippen molar-refractivity contribution in [1.29, 1.82) is 0 Å². The van der Waals surface area contributed by atoms with Crippen molar-refractivity contribution in [2.45, 2.75) is 12.5 Å². The van der Waals surface area contributed by atoms with Crippen LogP contribution in [0.4, 0.5) is 10.1 Å². The van der Waals surface area contributed by atoms with E-state index in [1.165, 1.54) is 30.0 Å². The third-order valence-electron chi connectivity index (χ3n) is 2.38. The van der Waals surface area contributed by atoms with Gasteiger partial charge in [-0.25, -0.2) is 4.39 Å². The van der Waals surface area contributed by atoms with Crippen LogP contribution >= 0.6 is 11.8 Å². The van der Waals surface area contributed by atoms with Crippen molar-refractivity contribution in [1.82, 2.24) is 5.32 Å². The van der Waals surface area contributed by atoms with E-state index < -0.39 is 17.3 Å². The largest absolute Gasteiger partial charge is 0.396 e. The Labute approximate surface area is 110 Å². The van der Waals surface area contributed by atoms with Gasteiger partial charge in [0.2, 0.25) is 0 Å². The van der Waals surface area contributed by atoms with Crippen molar-refractivity contribution in [2.75, 3.05) is 24.3 Å². The summed E-state index contributed by atoms with van der Waals surface area (Å²) < 4.78 is 13.2. The number of anilines is 1. The number of para-hydroxylation sites is 1. The van der Waals surface area contributed by atoms with Crippen LogP contribution in [0.3, 0.4) is 0 Å². The van der Waals surface area contributed by atoms with Crippen LogP contribution in [-0.4, -0.2) is 35.2 Å². The molecule has 4 nitrogen and oxygen atoms in total. The van der Waals surface area contributed by atoms with Gasteiger partial charge in [-0.2, -0.15) is 11.8 Å². The molecule has 0 aromatic heterocycles. The summed E-state index contributed by atoms with van der Waals surface area (Å²) >= 11 is 1.48. The van der Waals surface area contributed by atoms with Crippen LogP contribution in [0, 0.1) is 5.82 Å². The Balaban J connectivity index is 2.69. The van der Waals surface area contributed by atoms with E-state index in [1.807, 2.05) is 6.26 Å². The molecular formula is C12H17FN2O2S. The summed E-state index contributed by atoms with van der Waals surface area (Å²) in [5.74, 6) is -0.627. The molecule has 4 N–H and O–H groups in total. The Hall–Kier alpha value is -1.27. The molecule has 1 aromatic rings. The highest BCUT2D eigenvalue weighted by Crippen LogP contribution is 2.16. The lowest BCUT2D eigenvalue weighted by molar-refractivity contribution is 0.0725. The fourth-order valence-electron chi connectivity index (χ4n) is 1.46. The lowest BCUT2D eigenvalue weighted by Crippen LogP contribution is -2.42. The number of amides is 1. The maximum absolute atomic E-state index is 13.2. The molecule has 1 amide bonds. The first-order chi connectivity index (χ1) is 8.37. The molecule has 0 bridgehead atoms. The molecule has 0 heterocycles. The third-order valence-corrected chi connectivity index (χ3v) is 3.29. The Morgan fingerprint density at radius 2 is 2.28 bits per heavy atom. The van der Waals surface area contributed by atoms with Gasteiger partial charge in [0.25, 0.3) is 5.91 Å². The molecule has 100 valence electrons. The second-order valence-corrected chi connectivity index (χ2v) is 5.18. The van der Waals surface area contributed by atoms with E-state index in [4.69, 9.17) is 5.73 Å². The van der Waals surface area contributed by atoms with Gasteiger partial charge in [-0.3, -0.25) is 4.79 Å². The summed E-state index contributed by atoms with van der Waals surface area (Å²) in [6.45, 7) is 1.71. The minimum absolute atomic E-state index is 0.0787. The van der Waals surface area contributed by atoms with E-state index >= 15 is 0 Å². The van der Waals surface area contributed by atoms with Crippen molar-refractivity contribution >= 4 is 23.4 Å². The van der Waals surface area contributed by atoms with Crippen LogP contribution in [-0.2, 0) is 0 Å². The van der Waals surface area contributed by atoms with Gasteiger partial charge in [0.1, 0.15) is 5.82 Å². The summed E-state index contributed by atoms with van der Waals surface area (Å²) in [6.07, 6.45) is 1.86. The van der Waals surface area contributed by atoms with Crippen molar-refractivity contribution in [3.8, 4) is 0 Å². The maximum atomic E-state index is 13.2. The molecule has 0 saturated carbocycles. The average molecular weight is 272 g/mol. The molecular weight excluding hydrogens is 255 g/mol. The zero-order chi connectivity index (χ0) is 13.8. The number of hydrogen-bond acceptors (Lipinski definition) is 4. The third kappa shape index (κ3) is 3.89. The number of carbonyl (C=O) groups is 1. The number of aliphatic hydroxyl groups is 1. The summed E-state index contributed by atoms with van der Waals surface area (Å²) in [4.78, 5) is 11.8. The van der Waals surface area contributed by atoms with E-state index in [1.54, 1.807) is 6.92 Å². The van der Waals surface area contributed by atoms with Crippen molar-refractivity contribution in [3.05, 3.63) is 29.6 Å². The molecule has 0 aliphatic carbocycles. The summed E-state index contributed by atoms with van der Waals surface area (Å²) in [6, 6.07) is 4.05. The van der Waals surface area contributed by atoms with E-state index in [0.717, 1.165) is 0 Å².